The zero-order chi connectivity index (χ0) is 5.91. The third-order valence-electron chi connectivity index (χ3n) is 0.271. The molecule has 0 saturated heterocycles. The molecule has 0 aliphatic heterocycles. The number of rotatable bonds is 2. The molecule has 0 atom stereocenters. The molecule has 42 valence electrons. The molecule has 0 spiro atoms. The summed E-state index contributed by atoms with van der Waals surface area (Å²) in [5, 5.41) is 0. The Bertz CT molecular complexity index is 65.8. The summed E-state index contributed by atoms with van der Waals surface area (Å²) in [5.41, 5.74) is 0. The van der Waals surface area contributed by atoms with E-state index in [0.717, 1.165) is 0 Å². The molecule has 0 amide bonds. The molecule has 2 nitrogen and oxygen atoms in total. The Morgan fingerprint density at radius 1 is 1.71 bits per heavy atom. The Morgan fingerprint density at radius 2 is 2.14 bits per heavy atom. The predicted octanol–water partition coefficient (Wildman–Crippen LogP) is 0.693. The summed E-state index contributed by atoms with van der Waals surface area (Å²) >= 11 is 7.49. The zero-order valence-corrected chi connectivity index (χ0v) is 5.58. The molecular formula is C3H6O2S2. The fourth-order valence-corrected chi connectivity index (χ4v) is 0.177. The smallest absolute Gasteiger partial charge is 0.295 e. The van der Waals surface area contributed by atoms with Crippen molar-refractivity contribution in [1.29, 1.82) is 0 Å². The maximum Gasteiger partial charge on any atom is 0.295 e. The first-order valence-electron chi connectivity index (χ1n) is 1.62. The molecule has 0 aromatic rings. The van der Waals surface area contributed by atoms with Crippen LogP contribution in [0.25, 0.3) is 0 Å². The number of hydrogen-bond donors (Lipinski definition) is 2. The third-order valence-corrected chi connectivity index (χ3v) is 0.482. The van der Waals surface area contributed by atoms with E-state index in [2.05, 4.69) is 30.0 Å². The first-order valence-corrected chi connectivity index (χ1v) is 2.52. The van der Waals surface area contributed by atoms with Gasteiger partial charge in [0.1, 0.15) is 0 Å². The third kappa shape index (κ3) is 6.17. The highest BCUT2D eigenvalue weighted by molar-refractivity contribution is 8.00. The van der Waals surface area contributed by atoms with Gasteiger partial charge in [-0.05, 0) is 6.92 Å². The summed E-state index contributed by atoms with van der Waals surface area (Å²) in [4.78, 5) is 9.50. The Morgan fingerprint density at radius 3 is 2.14 bits per heavy atom. The quantitative estimate of drug-likeness (QED) is 0.333. The van der Waals surface area contributed by atoms with Gasteiger partial charge in [-0.25, -0.2) is 0 Å². The van der Waals surface area contributed by atoms with Crippen molar-refractivity contribution in [1.82, 2.24) is 0 Å². The average molecular weight is 138 g/mol. The van der Waals surface area contributed by atoms with Crippen molar-refractivity contribution in [3.05, 3.63) is 0 Å². The molecule has 0 rings (SSSR count). The van der Waals surface area contributed by atoms with Crippen molar-refractivity contribution in [2.75, 3.05) is 0 Å². The van der Waals surface area contributed by atoms with Crippen LogP contribution in [0.1, 0.15) is 6.92 Å². The minimum absolute atomic E-state index is 0.306. The van der Waals surface area contributed by atoms with Gasteiger partial charge in [-0.1, -0.05) is 0 Å². The first-order chi connectivity index (χ1) is 3.06. The standard InChI is InChI=1S/C3H6O2S2/c1-3(6,7)5-2-4/h2,6-7H,1H3. The Hall–Kier alpha value is 0.170. The maximum atomic E-state index is 9.50. The Balaban J connectivity index is 3.34. The van der Waals surface area contributed by atoms with Gasteiger partial charge in [-0.2, -0.15) is 0 Å². The maximum absolute atomic E-state index is 9.50. The molecule has 0 aliphatic carbocycles. The van der Waals surface area contributed by atoms with Crippen LogP contribution < -0.4 is 0 Å². The molecule has 0 N–H and O–H groups in total. The Labute approximate surface area is 53.1 Å². The molecular weight excluding hydrogens is 132 g/mol. The van der Waals surface area contributed by atoms with Crippen LogP contribution in [0.4, 0.5) is 0 Å². The SMILES string of the molecule is CC(S)(S)OC=O. The van der Waals surface area contributed by atoms with Gasteiger partial charge in [0, 0.05) is 0 Å². The zero-order valence-electron chi connectivity index (χ0n) is 3.79. The average Bonchev–Trinajstić information content (AvgIpc) is 1.30. The van der Waals surface area contributed by atoms with Crippen molar-refractivity contribution >= 4 is 31.7 Å². The van der Waals surface area contributed by atoms with E-state index in [1.54, 1.807) is 6.92 Å². The second-order valence-corrected chi connectivity index (χ2v) is 3.21. The van der Waals surface area contributed by atoms with Crippen molar-refractivity contribution in [2.45, 2.75) is 11.2 Å². The second kappa shape index (κ2) is 2.47. The van der Waals surface area contributed by atoms with E-state index in [4.69, 9.17) is 0 Å². The molecule has 0 fully saturated rings. The number of ether oxygens (including phenoxy) is 1. The van der Waals surface area contributed by atoms with Crippen molar-refractivity contribution in [3.63, 3.8) is 0 Å². The van der Waals surface area contributed by atoms with Gasteiger partial charge in [-0.3, -0.25) is 4.79 Å². The van der Waals surface area contributed by atoms with Crippen LogP contribution in [-0.4, -0.2) is 10.7 Å². The van der Waals surface area contributed by atoms with Crippen molar-refractivity contribution < 1.29 is 9.53 Å². The molecule has 4 heteroatoms. The topological polar surface area (TPSA) is 26.3 Å². The van der Waals surface area contributed by atoms with Crippen LogP contribution in [0.15, 0.2) is 0 Å². The molecule has 0 aromatic heterocycles. The predicted molar refractivity (Wildman–Crippen MR) is 33.5 cm³/mol. The van der Waals surface area contributed by atoms with Gasteiger partial charge in [0.05, 0.1) is 0 Å². The lowest BCUT2D eigenvalue weighted by atomic mass is 10.8. The fourth-order valence-electron chi connectivity index (χ4n) is 0.0911. The van der Waals surface area contributed by atoms with Crippen LogP contribution in [0.2, 0.25) is 0 Å². The first kappa shape index (κ1) is 7.17. The van der Waals surface area contributed by atoms with E-state index >= 15 is 0 Å². The Kier molecular flexibility index (Phi) is 2.53. The van der Waals surface area contributed by atoms with E-state index < -0.39 is 4.27 Å². The van der Waals surface area contributed by atoms with Crippen molar-refractivity contribution in [2.24, 2.45) is 0 Å². The van der Waals surface area contributed by atoms with Crippen LogP contribution in [0.3, 0.4) is 0 Å². The lowest BCUT2D eigenvalue weighted by Gasteiger charge is -2.11. The van der Waals surface area contributed by atoms with E-state index in [9.17, 15) is 4.79 Å². The van der Waals surface area contributed by atoms with Gasteiger partial charge in [0.2, 0.25) is 0 Å². The summed E-state index contributed by atoms with van der Waals surface area (Å²) in [6, 6.07) is 0. The largest absolute Gasteiger partial charge is 0.441 e. The molecule has 0 radical (unpaired) electrons. The molecule has 0 saturated carbocycles. The normalized spacial score (nSPS) is 10.7. The number of carbonyl (C=O) groups is 1. The lowest BCUT2D eigenvalue weighted by Crippen LogP contribution is -2.10. The molecule has 0 bridgehead atoms. The molecule has 0 aliphatic rings. The van der Waals surface area contributed by atoms with Crippen LogP contribution in [0.5, 0.6) is 0 Å². The van der Waals surface area contributed by atoms with Gasteiger partial charge >= 0.3 is 0 Å². The van der Waals surface area contributed by atoms with E-state index in [1.807, 2.05) is 0 Å². The van der Waals surface area contributed by atoms with Crippen LogP contribution in [0, 0.1) is 0 Å². The number of hydrogen-bond acceptors (Lipinski definition) is 4. The van der Waals surface area contributed by atoms with E-state index in [-0.39, 0.29) is 0 Å². The van der Waals surface area contributed by atoms with E-state index in [1.165, 1.54) is 0 Å². The van der Waals surface area contributed by atoms with Gasteiger partial charge < -0.3 is 4.74 Å². The summed E-state index contributed by atoms with van der Waals surface area (Å²) in [7, 11) is 0. The molecule has 7 heavy (non-hydrogen) atoms. The van der Waals surface area contributed by atoms with Gasteiger partial charge in [-0.15, -0.1) is 25.3 Å². The van der Waals surface area contributed by atoms with Gasteiger partial charge in [0.15, 0.2) is 4.27 Å². The summed E-state index contributed by atoms with van der Waals surface area (Å²) in [6.07, 6.45) is 0. The summed E-state index contributed by atoms with van der Waals surface area (Å²) < 4.78 is 3.35. The van der Waals surface area contributed by atoms with Gasteiger partial charge in [0.25, 0.3) is 6.47 Å². The van der Waals surface area contributed by atoms with Crippen LogP contribution in [-0.2, 0) is 9.53 Å². The number of carbonyl (C=O) groups excluding carboxylic acids is 1. The highest BCUT2D eigenvalue weighted by Crippen LogP contribution is 2.17. The highest BCUT2D eigenvalue weighted by Gasteiger charge is 2.10. The molecule has 0 unspecified atom stereocenters. The molecule has 0 heterocycles. The minimum Gasteiger partial charge on any atom is -0.441 e. The second-order valence-electron chi connectivity index (χ2n) is 1.15. The molecule has 0 aromatic carbocycles. The van der Waals surface area contributed by atoms with Crippen molar-refractivity contribution in [3.8, 4) is 0 Å². The van der Waals surface area contributed by atoms with Crippen LogP contribution >= 0.6 is 25.3 Å². The minimum atomic E-state index is -0.929. The summed E-state index contributed by atoms with van der Waals surface area (Å²) in [5.74, 6) is 0. The fraction of sp³-hybridized carbons (Fsp3) is 0.667. The number of thiol groups is 2. The highest BCUT2D eigenvalue weighted by atomic mass is 32.2. The van der Waals surface area contributed by atoms with E-state index in [0.29, 0.717) is 6.47 Å². The monoisotopic (exact) mass is 138 g/mol. The lowest BCUT2D eigenvalue weighted by molar-refractivity contribution is -0.130. The summed E-state index contributed by atoms with van der Waals surface area (Å²) in [6.45, 7) is 1.85.